The zero-order valence-corrected chi connectivity index (χ0v) is 12.0. The third-order valence-electron chi connectivity index (χ3n) is 2.55. The summed E-state index contributed by atoms with van der Waals surface area (Å²) in [6.45, 7) is 5.86. The van der Waals surface area contributed by atoms with Gasteiger partial charge in [0.25, 0.3) is 5.91 Å². The molecular formula is C14H16N2O2S. The van der Waals surface area contributed by atoms with Gasteiger partial charge in [0.1, 0.15) is 5.75 Å². The maximum absolute atomic E-state index is 11.7. The lowest BCUT2D eigenvalue weighted by Gasteiger charge is -2.09. The van der Waals surface area contributed by atoms with Gasteiger partial charge < -0.3 is 4.74 Å². The van der Waals surface area contributed by atoms with Crippen LogP contribution in [-0.4, -0.2) is 17.5 Å². The van der Waals surface area contributed by atoms with Crippen LogP contribution in [0.5, 0.6) is 5.75 Å². The highest BCUT2D eigenvalue weighted by Crippen LogP contribution is 2.19. The molecule has 0 saturated heterocycles. The lowest BCUT2D eigenvalue weighted by Crippen LogP contribution is -2.20. The van der Waals surface area contributed by atoms with Crippen LogP contribution >= 0.6 is 11.3 Å². The fourth-order valence-corrected chi connectivity index (χ4v) is 2.38. The molecule has 1 aromatic heterocycles. The Balaban J connectivity index is 1.89. The lowest BCUT2D eigenvalue weighted by molar-refractivity contribution is -0.118. The molecular weight excluding hydrogens is 260 g/mol. The predicted octanol–water partition coefficient (Wildman–Crippen LogP) is 3.09. The molecule has 2 aromatic rings. The molecule has 5 heteroatoms. The molecule has 2 rings (SSSR count). The topological polar surface area (TPSA) is 51.2 Å². The van der Waals surface area contributed by atoms with Gasteiger partial charge in [-0.1, -0.05) is 17.7 Å². The van der Waals surface area contributed by atoms with E-state index in [0.717, 1.165) is 17.0 Å². The highest BCUT2D eigenvalue weighted by atomic mass is 32.1. The van der Waals surface area contributed by atoms with Crippen LogP contribution in [0.1, 0.15) is 16.8 Å². The monoisotopic (exact) mass is 276 g/mol. The highest BCUT2D eigenvalue weighted by molar-refractivity contribution is 7.13. The number of carbonyl (C=O) groups is 1. The number of benzene rings is 1. The number of thiazole rings is 1. The molecule has 0 unspecified atom stereocenters. The molecule has 0 spiro atoms. The number of carbonyl (C=O) groups excluding carboxylic acids is 1. The molecule has 0 fully saturated rings. The molecule has 19 heavy (non-hydrogen) atoms. The normalized spacial score (nSPS) is 10.3. The number of amides is 1. The smallest absolute Gasteiger partial charge is 0.264 e. The standard InChI is InChI=1S/C14H16N2O2S/c1-9-4-5-12(10(2)6-9)18-7-13(17)16-14-15-11(3)8-19-14/h4-6,8H,7H2,1-3H3,(H,15,16,17). The summed E-state index contributed by atoms with van der Waals surface area (Å²) in [6, 6.07) is 5.87. The van der Waals surface area contributed by atoms with E-state index >= 15 is 0 Å². The number of hydrogen-bond donors (Lipinski definition) is 1. The molecule has 4 nitrogen and oxygen atoms in total. The van der Waals surface area contributed by atoms with E-state index in [1.165, 1.54) is 16.9 Å². The van der Waals surface area contributed by atoms with Crippen LogP contribution in [0.25, 0.3) is 0 Å². The van der Waals surface area contributed by atoms with Gasteiger partial charge in [-0.2, -0.15) is 0 Å². The van der Waals surface area contributed by atoms with Crippen molar-refractivity contribution in [2.45, 2.75) is 20.8 Å². The first kappa shape index (κ1) is 13.5. The molecule has 0 radical (unpaired) electrons. The Hall–Kier alpha value is -1.88. The summed E-state index contributed by atoms with van der Waals surface area (Å²) >= 11 is 1.41. The SMILES string of the molecule is Cc1ccc(OCC(=O)Nc2nc(C)cs2)c(C)c1. The molecule has 100 valence electrons. The minimum atomic E-state index is -0.200. The summed E-state index contributed by atoms with van der Waals surface area (Å²) in [5.41, 5.74) is 3.10. The first-order valence-corrected chi connectivity index (χ1v) is 6.84. The van der Waals surface area contributed by atoms with Crippen molar-refractivity contribution in [1.82, 2.24) is 4.98 Å². The largest absolute Gasteiger partial charge is 0.483 e. The van der Waals surface area contributed by atoms with Crippen molar-refractivity contribution in [3.05, 3.63) is 40.4 Å². The second-order valence-electron chi connectivity index (χ2n) is 4.40. The molecule has 0 saturated carbocycles. The third-order valence-corrected chi connectivity index (χ3v) is 3.43. The van der Waals surface area contributed by atoms with Crippen molar-refractivity contribution >= 4 is 22.4 Å². The minimum absolute atomic E-state index is 0.0114. The summed E-state index contributed by atoms with van der Waals surface area (Å²) in [5, 5.41) is 5.20. The number of hydrogen-bond acceptors (Lipinski definition) is 4. The van der Waals surface area contributed by atoms with Gasteiger partial charge in [-0.15, -0.1) is 11.3 Å². The summed E-state index contributed by atoms with van der Waals surface area (Å²) < 4.78 is 5.50. The first-order chi connectivity index (χ1) is 9.04. The van der Waals surface area contributed by atoms with Crippen molar-refractivity contribution in [2.75, 3.05) is 11.9 Å². The molecule has 0 bridgehead atoms. The second kappa shape index (κ2) is 5.84. The summed E-state index contributed by atoms with van der Waals surface area (Å²) in [6.07, 6.45) is 0. The zero-order valence-electron chi connectivity index (χ0n) is 11.2. The Morgan fingerprint density at radius 1 is 1.37 bits per heavy atom. The molecule has 1 amide bonds. The van der Waals surface area contributed by atoms with Crippen LogP contribution < -0.4 is 10.1 Å². The van der Waals surface area contributed by atoms with Gasteiger partial charge in [0, 0.05) is 5.38 Å². The maximum atomic E-state index is 11.7. The third kappa shape index (κ3) is 3.79. The Morgan fingerprint density at radius 3 is 2.79 bits per heavy atom. The van der Waals surface area contributed by atoms with Crippen LogP contribution in [0.2, 0.25) is 0 Å². The Kier molecular flexibility index (Phi) is 4.16. The van der Waals surface area contributed by atoms with E-state index in [1.807, 2.05) is 44.4 Å². The number of ether oxygens (including phenoxy) is 1. The average molecular weight is 276 g/mol. The molecule has 0 atom stereocenters. The molecule has 0 aliphatic carbocycles. The van der Waals surface area contributed by atoms with E-state index in [-0.39, 0.29) is 12.5 Å². The second-order valence-corrected chi connectivity index (χ2v) is 5.26. The van der Waals surface area contributed by atoms with Gasteiger partial charge >= 0.3 is 0 Å². The van der Waals surface area contributed by atoms with Gasteiger partial charge in [0.2, 0.25) is 0 Å². The van der Waals surface area contributed by atoms with Gasteiger partial charge in [0.05, 0.1) is 5.69 Å². The van der Waals surface area contributed by atoms with E-state index in [1.54, 1.807) is 0 Å². The number of nitrogens with zero attached hydrogens (tertiary/aromatic N) is 1. The number of aryl methyl sites for hydroxylation is 3. The fourth-order valence-electron chi connectivity index (χ4n) is 1.67. The van der Waals surface area contributed by atoms with E-state index in [9.17, 15) is 4.79 Å². The quantitative estimate of drug-likeness (QED) is 0.933. The molecule has 1 heterocycles. The van der Waals surface area contributed by atoms with E-state index in [2.05, 4.69) is 10.3 Å². The van der Waals surface area contributed by atoms with Crippen molar-refractivity contribution in [3.63, 3.8) is 0 Å². The summed E-state index contributed by atoms with van der Waals surface area (Å²) in [4.78, 5) is 15.9. The molecule has 1 aromatic carbocycles. The number of rotatable bonds is 4. The predicted molar refractivity (Wildman–Crippen MR) is 76.9 cm³/mol. The Labute approximate surface area is 116 Å². The average Bonchev–Trinajstić information content (AvgIpc) is 2.73. The van der Waals surface area contributed by atoms with Crippen LogP contribution in [0.15, 0.2) is 23.6 Å². The summed E-state index contributed by atoms with van der Waals surface area (Å²) in [7, 11) is 0. The van der Waals surface area contributed by atoms with Gasteiger partial charge in [-0.05, 0) is 32.4 Å². The number of anilines is 1. The van der Waals surface area contributed by atoms with Crippen molar-refractivity contribution in [2.24, 2.45) is 0 Å². The fraction of sp³-hybridized carbons (Fsp3) is 0.286. The van der Waals surface area contributed by atoms with Gasteiger partial charge in [-0.3, -0.25) is 10.1 Å². The van der Waals surface area contributed by atoms with Crippen molar-refractivity contribution in [3.8, 4) is 5.75 Å². The molecule has 0 aliphatic rings. The lowest BCUT2D eigenvalue weighted by atomic mass is 10.1. The maximum Gasteiger partial charge on any atom is 0.264 e. The van der Waals surface area contributed by atoms with E-state index in [4.69, 9.17) is 4.74 Å². The van der Waals surface area contributed by atoms with Gasteiger partial charge in [0.15, 0.2) is 11.7 Å². The van der Waals surface area contributed by atoms with Gasteiger partial charge in [-0.25, -0.2) is 4.98 Å². The van der Waals surface area contributed by atoms with Crippen LogP contribution in [0.3, 0.4) is 0 Å². The highest BCUT2D eigenvalue weighted by Gasteiger charge is 2.07. The molecule has 1 N–H and O–H groups in total. The first-order valence-electron chi connectivity index (χ1n) is 5.96. The van der Waals surface area contributed by atoms with Crippen molar-refractivity contribution in [1.29, 1.82) is 0 Å². The Morgan fingerprint density at radius 2 is 2.16 bits per heavy atom. The minimum Gasteiger partial charge on any atom is -0.483 e. The number of nitrogens with one attached hydrogen (secondary N) is 1. The van der Waals surface area contributed by atoms with E-state index in [0.29, 0.717) is 5.13 Å². The zero-order chi connectivity index (χ0) is 13.8. The van der Waals surface area contributed by atoms with Crippen LogP contribution in [0, 0.1) is 20.8 Å². The Bertz CT molecular complexity index is 593. The van der Waals surface area contributed by atoms with Crippen LogP contribution in [-0.2, 0) is 4.79 Å². The summed E-state index contributed by atoms with van der Waals surface area (Å²) in [5.74, 6) is 0.533. The van der Waals surface area contributed by atoms with E-state index < -0.39 is 0 Å². The molecule has 0 aliphatic heterocycles. The van der Waals surface area contributed by atoms with Crippen molar-refractivity contribution < 1.29 is 9.53 Å². The number of aromatic nitrogens is 1. The van der Waals surface area contributed by atoms with Crippen LogP contribution in [0.4, 0.5) is 5.13 Å².